The summed E-state index contributed by atoms with van der Waals surface area (Å²) in [5.41, 5.74) is -0.0978. The molecule has 0 aromatic heterocycles. The average molecular weight is 336 g/mol. The molecule has 1 fully saturated rings. The number of benzene rings is 1. The van der Waals surface area contributed by atoms with Gasteiger partial charge in [-0.15, -0.1) is 0 Å². The Morgan fingerprint density at radius 2 is 2.00 bits per heavy atom. The van der Waals surface area contributed by atoms with E-state index in [9.17, 15) is 17.6 Å². The number of hydrogen-bond acceptors (Lipinski definition) is 4. The van der Waals surface area contributed by atoms with Gasteiger partial charge in [0.1, 0.15) is 4.90 Å². The van der Waals surface area contributed by atoms with Crippen LogP contribution in [0, 0.1) is 5.82 Å². The van der Waals surface area contributed by atoms with Crippen molar-refractivity contribution in [3.8, 4) is 5.75 Å². The minimum absolute atomic E-state index is 0.0405. The molecule has 0 aliphatic heterocycles. The van der Waals surface area contributed by atoms with Crippen molar-refractivity contribution < 1.29 is 22.3 Å². The van der Waals surface area contributed by atoms with Crippen LogP contribution in [0.4, 0.5) is 4.39 Å². The summed E-state index contributed by atoms with van der Waals surface area (Å²) in [7, 11) is 2.16. The van der Waals surface area contributed by atoms with Crippen LogP contribution < -0.4 is 10.1 Å². The zero-order valence-corrected chi connectivity index (χ0v) is 12.9. The minimum Gasteiger partial charge on any atom is -0.492 e. The van der Waals surface area contributed by atoms with Gasteiger partial charge in [0.05, 0.1) is 7.11 Å². The molecule has 0 heterocycles. The van der Waals surface area contributed by atoms with E-state index in [1.807, 2.05) is 0 Å². The number of carbonyl (C=O) groups is 1. The lowest BCUT2D eigenvalue weighted by atomic mass is 10.1. The van der Waals surface area contributed by atoms with E-state index in [0.29, 0.717) is 0 Å². The van der Waals surface area contributed by atoms with Crippen molar-refractivity contribution in [1.82, 2.24) is 5.32 Å². The molecule has 1 amide bonds. The van der Waals surface area contributed by atoms with E-state index in [1.54, 1.807) is 0 Å². The zero-order chi connectivity index (χ0) is 15.6. The molecule has 116 valence electrons. The first kappa shape index (κ1) is 16.0. The molecular formula is C13H15ClFNO4S. The van der Waals surface area contributed by atoms with Crippen LogP contribution >= 0.6 is 10.7 Å². The fraction of sp³-hybridized carbons (Fsp3) is 0.462. The summed E-state index contributed by atoms with van der Waals surface area (Å²) >= 11 is 0. The molecule has 2 rings (SSSR count). The highest BCUT2D eigenvalue weighted by molar-refractivity contribution is 8.13. The third-order valence-electron chi connectivity index (χ3n) is 3.43. The van der Waals surface area contributed by atoms with Crippen LogP contribution in [-0.2, 0) is 9.05 Å². The van der Waals surface area contributed by atoms with E-state index in [2.05, 4.69) is 5.32 Å². The van der Waals surface area contributed by atoms with Gasteiger partial charge < -0.3 is 10.1 Å². The van der Waals surface area contributed by atoms with E-state index >= 15 is 0 Å². The Bertz CT molecular complexity index is 656. The molecule has 0 unspecified atom stereocenters. The Morgan fingerprint density at radius 1 is 1.38 bits per heavy atom. The van der Waals surface area contributed by atoms with Crippen LogP contribution in [-0.4, -0.2) is 27.5 Å². The van der Waals surface area contributed by atoms with Gasteiger partial charge in [0.25, 0.3) is 15.0 Å². The molecule has 0 spiro atoms. The second-order valence-corrected chi connectivity index (χ2v) is 7.42. The topological polar surface area (TPSA) is 72.5 Å². The number of halogens is 2. The van der Waals surface area contributed by atoms with Crippen molar-refractivity contribution in [1.29, 1.82) is 0 Å². The highest BCUT2D eigenvalue weighted by atomic mass is 35.7. The van der Waals surface area contributed by atoms with E-state index in [-0.39, 0.29) is 11.6 Å². The number of rotatable bonds is 4. The van der Waals surface area contributed by atoms with Crippen LogP contribution in [0.15, 0.2) is 17.0 Å². The summed E-state index contributed by atoms with van der Waals surface area (Å²) in [5, 5.41) is 2.75. The Hall–Kier alpha value is -1.34. The second kappa shape index (κ2) is 6.19. The molecule has 1 aromatic rings. The molecule has 5 nitrogen and oxygen atoms in total. The molecule has 1 aromatic carbocycles. The van der Waals surface area contributed by atoms with Gasteiger partial charge in [0.15, 0.2) is 11.6 Å². The summed E-state index contributed by atoms with van der Waals surface area (Å²) in [5.74, 6) is -1.97. The summed E-state index contributed by atoms with van der Waals surface area (Å²) in [4.78, 5) is 11.5. The van der Waals surface area contributed by atoms with Crippen LogP contribution in [0.2, 0.25) is 0 Å². The highest BCUT2D eigenvalue weighted by Crippen LogP contribution is 2.31. The minimum atomic E-state index is -4.22. The molecular weight excluding hydrogens is 321 g/mol. The zero-order valence-electron chi connectivity index (χ0n) is 11.4. The maximum Gasteiger partial charge on any atom is 0.265 e. The van der Waals surface area contributed by atoms with Crippen LogP contribution in [0.3, 0.4) is 0 Å². The van der Waals surface area contributed by atoms with Crippen molar-refractivity contribution in [2.75, 3.05) is 7.11 Å². The third-order valence-corrected chi connectivity index (χ3v) is 4.76. The van der Waals surface area contributed by atoms with Gasteiger partial charge in [-0.25, -0.2) is 12.8 Å². The fourth-order valence-corrected chi connectivity index (χ4v) is 3.43. The maximum atomic E-state index is 13.9. The molecule has 0 bridgehead atoms. The normalized spacial score (nSPS) is 16.0. The van der Waals surface area contributed by atoms with E-state index in [0.717, 1.165) is 44.9 Å². The number of carbonyl (C=O) groups excluding carboxylic acids is 1. The second-order valence-electron chi connectivity index (χ2n) is 4.88. The Kier molecular flexibility index (Phi) is 4.73. The van der Waals surface area contributed by atoms with Crippen LogP contribution in [0.1, 0.15) is 36.0 Å². The quantitative estimate of drug-likeness (QED) is 0.858. The van der Waals surface area contributed by atoms with Crippen LogP contribution in [0.5, 0.6) is 5.75 Å². The van der Waals surface area contributed by atoms with Crippen molar-refractivity contribution >= 4 is 25.6 Å². The van der Waals surface area contributed by atoms with E-state index < -0.39 is 31.4 Å². The number of nitrogens with one attached hydrogen (secondary N) is 1. The summed E-state index contributed by atoms with van der Waals surface area (Å²) < 4.78 is 41.5. The number of methoxy groups -OCH3 is 1. The monoisotopic (exact) mass is 335 g/mol. The molecule has 21 heavy (non-hydrogen) atoms. The van der Waals surface area contributed by atoms with Crippen molar-refractivity contribution in [3.05, 3.63) is 23.5 Å². The Morgan fingerprint density at radius 3 is 2.52 bits per heavy atom. The van der Waals surface area contributed by atoms with Crippen LogP contribution in [0.25, 0.3) is 0 Å². The molecule has 1 aliphatic rings. The number of ether oxygens (including phenoxy) is 1. The van der Waals surface area contributed by atoms with Gasteiger partial charge in [-0.2, -0.15) is 0 Å². The van der Waals surface area contributed by atoms with Gasteiger partial charge in [-0.05, 0) is 25.0 Å². The van der Waals surface area contributed by atoms with Gasteiger partial charge in [0.2, 0.25) is 0 Å². The standard InChI is InChI=1S/C13H15ClFNO4S/c1-20-12-10(15)6-8(7-11(12)21(14,18)19)13(17)16-9-4-2-3-5-9/h6-7,9H,2-5H2,1H3,(H,16,17). The van der Waals surface area contributed by atoms with Gasteiger partial charge in [-0.3, -0.25) is 4.79 Å². The molecule has 1 N–H and O–H groups in total. The van der Waals surface area contributed by atoms with Crippen molar-refractivity contribution in [2.45, 2.75) is 36.6 Å². The molecule has 8 heteroatoms. The summed E-state index contributed by atoms with van der Waals surface area (Å²) in [6.07, 6.45) is 3.79. The molecule has 0 saturated heterocycles. The summed E-state index contributed by atoms with van der Waals surface area (Å²) in [6, 6.07) is 2.00. The molecule has 0 atom stereocenters. The van der Waals surface area contributed by atoms with Crippen molar-refractivity contribution in [3.63, 3.8) is 0 Å². The molecule has 1 aliphatic carbocycles. The van der Waals surface area contributed by atoms with Gasteiger partial charge in [0, 0.05) is 22.3 Å². The smallest absolute Gasteiger partial charge is 0.265 e. The predicted molar refractivity (Wildman–Crippen MR) is 75.7 cm³/mol. The molecule has 1 saturated carbocycles. The first-order chi connectivity index (χ1) is 9.82. The first-order valence-electron chi connectivity index (χ1n) is 6.46. The maximum absolute atomic E-state index is 13.9. The van der Waals surface area contributed by atoms with Crippen molar-refractivity contribution in [2.24, 2.45) is 0 Å². The predicted octanol–water partition coefficient (Wildman–Crippen LogP) is 2.43. The Labute approximate surface area is 126 Å². The highest BCUT2D eigenvalue weighted by Gasteiger charge is 2.25. The lowest BCUT2D eigenvalue weighted by Crippen LogP contribution is -2.32. The lowest BCUT2D eigenvalue weighted by molar-refractivity contribution is 0.0937. The lowest BCUT2D eigenvalue weighted by Gasteiger charge is -2.13. The van der Waals surface area contributed by atoms with Gasteiger partial charge in [-0.1, -0.05) is 12.8 Å². The largest absolute Gasteiger partial charge is 0.492 e. The number of hydrogen-bond donors (Lipinski definition) is 1. The molecule has 0 radical (unpaired) electrons. The van der Waals surface area contributed by atoms with E-state index in [4.69, 9.17) is 15.4 Å². The Balaban J connectivity index is 2.36. The SMILES string of the molecule is COc1c(F)cc(C(=O)NC2CCCC2)cc1S(=O)(=O)Cl. The first-order valence-corrected chi connectivity index (χ1v) is 8.77. The third kappa shape index (κ3) is 3.65. The summed E-state index contributed by atoms with van der Waals surface area (Å²) in [6.45, 7) is 0. The number of amides is 1. The van der Waals surface area contributed by atoms with E-state index in [1.165, 1.54) is 0 Å². The average Bonchev–Trinajstić information content (AvgIpc) is 2.89. The fourth-order valence-electron chi connectivity index (χ4n) is 2.42. The van der Waals surface area contributed by atoms with Gasteiger partial charge >= 0.3 is 0 Å².